The topological polar surface area (TPSA) is 89.9 Å². The molecule has 1 N–H and O–H groups in total. The number of aliphatic hydroxyl groups excluding tert-OH is 1. The average Bonchev–Trinajstić information content (AvgIpc) is 2.83. The predicted octanol–water partition coefficient (Wildman–Crippen LogP) is 4.87. The van der Waals surface area contributed by atoms with E-state index in [0.717, 1.165) is 56.9 Å². The molecule has 5 aliphatic rings. The van der Waals surface area contributed by atoms with E-state index < -0.39 is 21.6 Å². The molecule has 0 amide bonds. The Hall–Kier alpha value is -1.44. The maximum absolute atomic E-state index is 12.9. The number of ether oxygens (including phenoxy) is 1. The summed E-state index contributed by atoms with van der Waals surface area (Å²) < 4.78 is 36.5. The van der Waals surface area contributed by atoms with Crippen LogP contribution in [0.5, 0.6) is 0 Å². The van der Waals surface area contributed by atoms with Gasteiger partial charge in [0.15, 0.2) is 0 Å². The average molecular weight is 505 g/mol. The lowest BCUT2D eigenvalue weighted by Crippen LogP contribution is -2.67. The minimum Gasteiger partial charge on any atom is -0.469 e. The van der Waals surface area contributed by atoms with Crippen LogP contribution in [0.4, 0.5) is 0 Å². The van der Waals surface area contributed by atoms with Crippen molar-refractivity contribution in [3.05, 3.63) is 29.8 Å². The van der Waals surface area contributed by atoms with Gasteiger partial charge in [0.05, 0.1) is 30.1 Å². The summed E-state index contributed by atoms with van der Waals surface area (Å²) in [5, 5.41) is 11.8. The van der Waals surface area contributed by atoms with E-state index in [9.17, 15) is 18.3 Å². The number of fused-ring (bicyclic) bond motifs is 3. The zero-order valence-corrected chi connectivity index (χ0v) is 22.3. The van der Waals surface area contributed by atoms with Crippen molar-refractivity contribution in [2.45, 2.75) is 83.1 Å². The summed E-state index contributed by atoms with van der Waals surface area (Å²) in [5.41, 5.74) is 0.258. The van der Waals surface area contributed by atoms with Crippen molar-refractivity contribution >= 4 is 16.1 Å². The van der Waals surface area contributed by atoms with Crippen LogP contribution in [0.3, 0.4) is 0 Å². The summed E-state index contributed by atoms with van der Waals surface area (Å²) >= 11 is 0. The largest absolute Gasteiger partial charge is 0.469 e. The second-order valence-corrected chi connectivity index (χ2v) is 14.0. The Morgan fingerprint density at radius 3 is 2.43 bits per heavy atom. The number of carbonyl (C=O) groups excluding carboxylic acids is 1. The van der Waals surface area contributed by atoms with Gasteiger partial charge in [0.1, 0.15) is 0 Å². The van der Waals surface area contributed by atoms with Gasteiger partial charge in [-0.2, -0.15) is 8.42 Å². The van der Waals surface area contributed by atoms with E-state index in [1.165, 1.54) is 7.11 Å². The molecule has 0 aromatic heterocycles. The number of hydrogen-bond donors (Lipinski definition) is 1. The lowest BCUT2D eigenvalue weighted by molar-refractivity contribution is -0.247. The van der Waals surface area contributed by atoms with Crippen molar-refractivity contribution in [3.8, 4) is 0 Å². The van der Waals surface area contributed by atoms with E-state index in [1.54, 1.807) is 24.3 Å². The fourth-order valence-corrected chi connectivity index (χ4v) is 10.1. The molecule has 2 bridgehead atoms. The summed E-state index contributed by atoms with van der Waals surface area (Å²) in [4.78, 5) is 13.0. The molecule has 0 unspecified atom stereocenters. The van der Waals surface area contributed by atoms with Crippen LogP contribution in [0.15, 0.2) is 29.2 Å². The fraction of sp³-hybridized carbons (Fsp3) is 0.750. The molecule has 5 saturated carbocycles. The summed E-state index contributed by atoms with van der Waals surface area (Å²) in [7, 11) is -2.38. The SMILES string of the molecule is COC(=O)[C@]1(C)CCC[C@@]2(C)[C@@H]3C[C@@H]4CC[C@@]3(CC[C@@H]21)[C@H](O)[C@H]4COS(=O)(=O)c1ccc(C)cc1. The Bertz CT molecular complexity index is 1080. The highest BCUT2D eigenvalue weighted by Crippen LogP contribution is 2.72. The van der Waals surface area contributed by atoms with Gasteiger partial charge in [0, 0.05) is 11.3 Å². The van der Waals surface area contributed by atoms with Crippen LogP contribution in [-0.4, -0.2) is 39.3 Å². The number of carbonyl (C=O) groups is 1. The van der Waals surface area contributed by atoms with E-state index in [4.69, 9.17) is 8.92 Å². The third-order valence-electron chi connectivity index (χ3n) is 10.9. The first-order valence-electron chi connectivity index (χ1n) is 13.2. The van der Waals surface area contributed by atoms with Crippen molar-refractivity contribution < 1.29 is 27.2 Å². The summed E-state index contributed by atoms with van der Waals surface area (Å²) in [6, 6.07) is 6.68. The molecule has 0 heterocycles. The highest BCUT2D eigenvalue weighted by molar-refractivity contribution is 7.86. The molecule has 1 spiro atoms. The zero-order chi connectivity index (χ0) is 25.2. The van der Waals surface area contributed by atoms with Gasteiger partial charge >= 0.3 is 5.97 Å². The Morgan fingerprint density at radius 2 is 1.74 bits per heavy atom. The number of aliphatic hydroxyl groups is 1. The molecule has 0 radical (unpaired) electrons. The van der Waals surface area contributed by atoms with Gasteiger partial charge in [-0.25, -0.2) is 0 Å². The molecule has 1 aromatic rings. The van der Waals surface area contributed by atoms with E-state index in [2.05, 4.69) is 13.8 Å². The molecular formula is C28H40O6S. The Morgan fingerprint density at radius 1 is 1.06 bits per heavy atom. The summed E-state index contributed by atoms with van der Waals surface area (Å²) in [6.45, 7) is 6.38. The van der Waals surface area contributed by atoms with Gasteiger partial charge in [-0.15, -0.1) is 0 Å². The number of rotatable bonds is 5. The molecule has 7 heteroatoms. The molecule has 194 valence electrons. The molecular weight excluding hydrogens is 464 g/mol. The highest BCUT2D eigenvalue weighted by atomic mass is 32.2. The molecule has 0 aliphatic heterocycles. The zero-order valence-electron chi connectivity index (χ0n) is 21.5. The third-order valence-corrected chi connectivity index (χ3v) is 12.2. The summed E-state index contributed by atoms with van der Waals surface area (Å²) in [5.74, 6) is 0.521. The number of hydrogen-bond acceptors (Lipinski definition) is 6. The number of benzene rings is 1. The monoisotopic (exact) mass is 504 g/mol. The van der Waals surface area contributed by atoms with Crippen molar-refractivity contribution in [1.82, 2.24) is 0 Å². The minimum atomic E-state index is -3.87. The lowest BCUT2D eigenvalue weighted by atomic mass is 9.35. The first-order valence-corrected chi connectivity index (χ1v) is 14.6. The van der Waals surface area contributed by atoms with Crippen molar-refractivity contribution in [3.63, 3.8) is 0 Å². The van der Waals surface area contributed by atoms with E-state index >= 15 is 0 Å². The Balaban J connectivity index is 1.38. The molecule has 0 saturated heterocycles. The second-order valence-electron chi connectivity index (χ2n) is 12.3. The fourth-order valence-electron chi connectivity index (χ4n) is 9.12. The maximum atomic E-state index is 12.9. The molecule has 6 nitrogen and oxygen atoms in total. The number of aryl methyl sites for hydroxylation is 1. The maximum Gasteiger partial charge on any atom is 0.311 e. The van der Waals surface area contributed by atoms with Gasteiger partial charge in [-0.1, -0.05) is 31.0 Å². The number of esters is 1. The quantitative estimate of drug-likeness (QED) is 0.454. The normalized spacial score (nSPS) is 42.7. The van der Waals surface area contributed by atoms with Gasteiger partial charge in [0.25, 0.3) is 10.1 Å². The molecule has 6 rings (SSSR count). The van der Waals surface area contributed by atoms with Crippen LogP contribution in [0.25, 0.3) is 0 Å². The van der Waals surface area contributed by atoms with E-state index in [1.807, 2.05) is 6.92 Å². The molecule has 8 atom stereocenters. The van der Waals surface area contributed by atoms with Crippen LogP contribution in [0.2, 0.25) is 0 Å². The van der Waals surface area contributed by atoms with Crippen LogP contribution in [-0.2, 0) is 23.8 Å². The molecule has 35 heavy (non-hydrogen) atoms. The summed E-state index contributed by atoms with van der Waals surface area (Å²) in [6.07, 6.45) is 7.06. The smallest absolute Gasteiger partial charge is 0.311 e. The molecule has 5 fully saturated rings. The standard InChI is InChI=1S/C28H40O6S/c1-18-6-8-20(9-7-18)35(31,32)34-17-21-19-10-14-28(24(21)29)15-11-22-26(2,23(28)16-19)12-5-13-27(22,3)25(30)33-4/h6-9,19,21-24,29H,5,10-17H2,1-4H3/t19-,21-,22-,23-,24+,26+,27+,28-/m0/s1. The van der Waals surface area contributed by atoms with Crippen LogP contribution in [0.1, 0.15) is 70.8 Å². The third kappa shape index (κ3) is 3.71. The molecule has 5 aliphatic carbocycles. The first-order chi connectivity index (χ1) is 16.5. The van der Waals surface area contributed by atoms with Crippen molar-refractivity contribution in [1.29, 1.82) is 0 Å². The first kappa shape index (κ1) is 25.2. The van der Waals surface area contributed by atoms with Gasteiger partial charge < -0.3 is 9.84 Å². The van der Waals surface area contributed by atoms with E-state index in [0.29, 0.717) is 5.92 Å². The van der Waals surface area contributed by atoms with Gasteiger partial charge in [-0.05, 0) is 94.1 Å². The lowest BCUT2D eigenvalue weighted by Gasteiger charge is -2.69. The molecule has 1 aromatic carbocycles. The van der Waals surface area contributed by atoms with Gasteiger partial charge in [-0.3, -0.25) is 8.98 Å². The Labute approximate surface area is 209 Å². The van der Waals surface area contributed by atoms with Crippen LogP contribution < -0.4 is 0 Å². The van der Waals surface area contributed by atoms with Crippen molar-refractivity contribution in [2.75, 3.05) is 13.7 Å². The van der Waals surface area contributed by atoms with E-state index in [-0.39, 0.29) is 46.1 Å². The van der Waals surface area contributed by atoms with Crippen LogP contribution in [0, 0.1) is 46.8 Å². The predicted molar refractivity (Wildman–Crippen MR) is 132 cm³/mol. The Kier molecular flexibility index (Phi) is 6.17. The minimum absolute atomic E-state index is 0.0243. The number of methoxy groups -OCH3 is 1. The second kappa shape index (κ2) is 8.56. The van der Waals surface area contributed by atoms with Gasteiger partial charge in [0.2, 0.25) is 0 Å². The van der Waals surface area contributed by atoms with Crippen LogP contribution >= 0.6 is 0 Å². The van der Waals surface area contributed by atoms with Crippen molar-refractivity contribution in [2.24, 2.45) is 39.9 Å². The highest BCUT2D eigenvalue weighted by Gasteiger charge is 2.68.